The molecule has 1 atom stereocenters. The maximum atomic E-state index is 6.42. The van der Waals surface area contributed by atoms with Crippen LogP contribution in [0.3, 0.4) is 0 Å². The van der Waals surface area contributed by atoms with Gasteiger partial charge in [-0.25, -0.2) is 0 Å². The normalized spacial score (nSPS) is 12.6. The van der Waals surface area contributed by atoms with Crippen LogP contribution in [-0.4, -0.2) is 15.6 Å². The van der Waals surface area contributed by atoms with Crippen molar-refractivity contribution in [2.24, 2.45) is 5.41 Å². The molecule has 0 saturated heterocycles. The zero-order chi connectivity index (χ0) is 22.2. The third-order valence-electron chi connectivity index (χ3n) is 5.24. The number of rotatable bonds is 14. The van der Waals surface area contributed by atoms with Gasteiger partial charge in [0, 0.05) is 6.42 Å². The van der Waals surface area contributed by atoms with Gasteiger partial charge in [-0.05, 0) is 36.1 Å². The lowest BCUT2D eigenvalue weighted by molar-refractivity contribution is 0.0820. The molecular formula is C27H46O2Si. The van der Waals surface area contributed by atoms with Crippen LogP contribution >= 0.6 is 0 Å². The fraction of sp³-hybridized carbons (Fsp3) is 0.704. The van der Waals surface area contributed by atoms with Crippen LogP contribution in [0.25, 0.3) is 0 Å². The first-order valence-electron chi connectivity index (χ1n) is 12.1. The van der Waals surface area contributed by atoms with Crippen LogP contribution < -0.4 is 0 Å². The van der Waals surface area contributed by atoms with E-state index < -0.39 is 9.04 Å². The lowest BCUT2D eigenvalue weighted by Gasteiger charge is -2.34. The topological polar surface area (TPSA) is 18.5 Å². The number of hydrogen-bond acceptors (Lipinski definition) is 2. The van der Waals surface area contributed by atoms with Crippen molar-refractivity contribution in [3.05, 3.63) is 35.4 Å². The van der Waals surface area contributed by atoms with E-state index in [1.54, 1.807) is 0 Å². The van der Waals surface area contributed by atoms with Crippen molar-refractivity contribution in [1.82, 2.24) is 0 Å². The summed E-state index contributed by atoms with van der Waals surface area (Å²) in [4.78, 5) is 0. The highest BCUT2D eigenvalue weighted by Gasteiger charge is 2.29. The molecule has 1 aromatic carbocycles. The van der Waals surface area contributed by atoms with E-state index in [4.69, 9.17) is 9.16 Å². The van der Waals surface area contributed by atoms with Crippen molar-refractivity contribution in [2.45, 2.75) is 111 Å². The van der Waals surface area contributed by atoms with Crippen LogP contribution in [0.1, 0.15) is 103 Å². The first kappa shape index (κ1) is 27.0. The Bertz CT molecular complexity index is 622. The number of benzene rings is 1. The van der Waals surface area contributed by atoms with E-state index >= 15 is 0 Å². The molecule has 3 heteroatoms. The van der Waals surface area contributed by atoms with Crippen LogP contribution in [0, 0.1) is 17.3 Å². The van der Waals surface area contributed by atoms with Crippen molar-refractivity contribution < 1.29 is 9.16 Å². The van der Waals surface area contributed by atoms with Gasteiger partial charge < -0.3 is 9.16 Å². The van der Waals surface area contributed by atoms with E-state index in [1.165, 1.54) is 62.5 Å². The van der Waals surface area contributed by atoms with E-state index in [1.807, 2.05) is 0 Å². The number of hydrogen-bond donors (Lipinski definition) is 0. The maximum absolute atomic E-state index is 6.42. The second-order valence-corrected chi connectivity index (χ2v) is 12.1. The number of unbranched alkanes of at least 4 members (excludes halogenated alkanes) is 8. The first-order chi connectivity index (χ1) is 14.4. The quantitative estimate of drug-likeness (QED) is 0.170. The minimum Gasteiger partial charge on any atom is -0.413 e. The largest absolute Gasteiger partial charge is 0.413 e. The molecule has 0 fully saturated rings. The summed E-state index contributed by atoms with van der Waals surface area (Å²) >= 11 is 0. The molecule has 1 rings (SSSR count). The van der Waals surface area contributed by atoms with E-state index in [0.717, 1.165) is 6.42 Å². The molecule has 0 heterocycles. The van der Waals surface area contributed by atoms with Gasteiger partial charge in [0.2, 0.25) is 0 Å². The van der Waals surface area contributed by atoms with Crippen molar-refractivity contribution >= 4 is 9.04 Å². The Kier molecular flexibility index (Phi) is 14.1. The van der Waals surface area contributed by atoms with Gasteiger partial charge in [0.25, 0.3) is 0 Å². The van der Waals surface area contributed by atoms with Crippen molar-refractivity contribution in [2.75, 3.05) is 6.61 Å². The summed E-state index contributed by atoms with van der Waals surface area (Å²) in [6.45, 7) is 14.6. The fourth-order valence-electron chi connectivity index (χ4n) is 3.64. The summed E-state index contributed by atoms with van der Waals surface area (Å²) in [5.41, 5.74) is 2.54. The smallest absolute Gasteiger partial charge is 0.171 e. The first-order valence-corrected chi connectivity index (χ1v) is 14.9. The average Bonchev–Trinajstić information content (AvgIpc) is 2.69. The van der Waals surface area contributed by atoms with E-state index in [-0.39, 0.29) is 11.5 Å². The van der Waals surface area contributed by atoms with E-state index in [0.29, 0.717) is 13.2 Å². The molecule has 1 unspecified atom stereocenters. The van der Waals surface area contributed by atoms with Gasteiger partial charge in [-0.15, -0.1) is 5.92 Å². The Morgan fingerprint density at radius 1 is 0.900 bits per heavy atom. The summed E-state index contributed by atoms with van der Waals surface area (Å²) in [5, 5.41) is 0. The minimum absolute atomic E-state index is 0.0587. The second-order valence-electron chi connectivity index (χ2n) is 9.70. The molecule has 0 aliphatic heterocycles. The van der Waals surface area contributed by atoms with Gasteiger partial charge in [-0.2, -0.15) is 0 Å². The van der Waals surface area contributed by atoms with Crippen LogP contribution in [0.5, 0.6) is 0 Å². The molecular weight excluding hydrogens is 384 g/mol. The lowest BCUT2D eigenvalue weighted by atomic mass is 9.83. The highest BCUT2D eigenvalue weighted by molar-refractivity contribution is 6.48. The predicted molar refractivity (Wildman–Crippen MR) is 133 cm³/mol. The van der Waals surface area contributed by atoms with E-state index in [9.17, 15) is 0 Å². The molecule has 0 aromatic heterocycles. The SMILES string of the molecule is CCCCCCCCCCC#CCOCc1ccccc1C(O[SiH](C)C)C(C)(C)C. The third kappa shape index (κ3) is 11.9. The predicted octanol–water partition coefficient (Wildman–Crippen LogP) is 7.82. The van der Waals surface area contributed by atoms with Crippen molar-refractivity contribution in [1.29, 1.82) is 0 Å². The molecule has 0 bridgehead atoms. The van der Waals surface area contributed by atoms with Gasteiger partial charge in [0.05, 0.1) is 12.7 Å². The Balaban J connectivity index is 2.37. The Morgan fingerprint density at radius 3 is 2.17 bits per heavy atom. The molecule has 170 valence electrons. The molecule has 30 heavy (non-hydrogen) atoms. The zero-order valence-electron chi connectivity index (χ0n) is 20.6. The summed E-state index contributed by atoms with van der Waals surface area (Å²) in [7, 11) is -1.14. The molecule has 0 spiro atoms. The summed E-state index contributed by atoms with van der Waals surface area (Å²) in [6.07, 6.45) is 11.9. The molecule has 0 aliphatic carbocycles. The molecule has 0 amide bonds. The molecule has 0 aliphatic rings. The minimum atomic E-state index is -1.14. The van der Waals surface area contributed by atoms with E-state index in [2.05, 4.69) is 76.9 Å². The van der Waals surface area contributed by atoms with Crippen LogP contribution in [0.4, 0.5) is 0 Å². The van der Waals surface area contributed by atoms with Crippen LogP contribution in [0.2, 0.25) is 13.1 Å². The monoisotopic (exact) mass is 430 g/mol. The molecule has 0 radical (unpaired) electrons. The number of ether oxygens (including phenoxy) is 1. The van der Waals surface area contributed by atoms with Gasteiger partial charge in [0.1, 0.15) is 6.61 Å². The molecule has 0 saturated carbocycles. The van der Waals surface area contributed by atoms with Gasteiger partial charge in [-0.3, -0.25) is 0 Å². The molecule has 2 nitrogen and oxygen atoms in total. The Hall–Kier alpha value is -1.08. The average molecular weight is 431 g/mol. The molecule has 1 aromatic rings. The van der Waals surface area contributed by atoms with Crippen molar-refractivity contribution in [3.63, 3.8) is 0 Å². The van der Waals surface area contributed by atoms with Crippen LogP contribution in [-0.2, 0) is 15.8 Å². The lowest BCUT2D eigenvalue weighted by Crippen LogP contribution is -2.27. The third-order valence-corrected chi connectivity index (χ3v) is 6.06. The summed E-state index contributed by atoms with van der Waals surface area (Å²) in [6, 6.07) is 8.54. The van der Waals surface area contributed by atoms with Gasteiger partial charge >= 0.3 is 0 Å². The highest BCUT2D eigenvalue weighted by Crippen LogP contribution is 2.38. The standard InChI is InChI=1S/C27H46O2Si/c1-7-8-9-10-11-12-13-14-15-16-19-22-28-23-24-20-17-18-21-25(24)26(27(2,3)4)29-30(5)6/h17-18,20-21,26,30H,7-15,22-23H2,1-6H3. The van der Waals surface area contributed by atoms with Crippen molar-refractivity contribution in [3.8, 4) is 11.8 Å². The Labute approximate surface area is 188 Å². The maximum Gasteiger partial charge on any atom is 0.171 e. The highest BCUT2D eigenvalue weighted by atomic mass is 28.3. The van der Waals surface area contributed by atoms with Gasteiger partial charge in [0.15, 0.2) is 9.04 Å². The van der Waals surface area contributed by atoms with Gasteiger partial charge in [-0.1, -0.05) is 103 Å². The summed E-state index contributed by atoms with van der Waals surface area (Å²) < 4.78 is 12.3. The van der Waals surface area contributed by atoms with Crippen LogP contribution in [0.15, 0.2) is 24.3 Å². The summed E-state index contributed by atoms with van der Waals surface area (Å²) in [5.74, 6) is 6.47. The second kappa shape index (κ2) is 15.7. The Morgan fingerprint density at radius 2 is 1.53 bits per heavy atom. The molecule has 0 N–H and O–H groups in total. The zero-order valence-corrected chi connectivity index (χ0v) is 21.7. The fourth-order valence-corrected chi connectivity index (χ4v) is 4.74.